The fraction of sp³-hybridized carbons (Fsp3) is 1.00. The second-order valence-corrected chi connectivity index (χ2v) is 7.00. The molecule has 158 valence electrons. The molecule has 0 aliphatic rings. The molecule has 0 rings (SSSR count). The van der Waals surface area contributed by atoms with Gasteiger partial charge < -0.3 is 0 Å². The molecule has 0 saturated heterocycles. The molecule has 22 heteroatoms. The van der Waals surface area contributed by atoms with E-state index in [9.17, 15) is 39.5 Å². The van der Waals surface area contributed by atoms with Gasteiger partial charge in [0.15, 0.2) is 0 Å². The quantitative estimate of drug-likeness (QED) is 0.201. The Balaban J connectivity index is -0.000000130. The van der Waals surface area contributed by atoms with Gasteiger partial charge in [0.05, 0.1) is 0 Å². The van der Waals surface area contributed by atoms with E-state index in [1.54, 1.807) is 0 Å². The normalized spacial score (nSPS) is 13.4. The Morgan fingerprint density at radius 2 is 0.480 bits per heavy atom. The summed E-state index contributed by atoms with van der Waals surface area (Å²) in [7, 11) is -17.5. The maximum atomic E-state index is 10.7. The molecule has 0 unspecified atom stereocenters. The van der Waals surface area contributed by atoms with E-state index in [0.29, 0.717) is 0 Å². The Labute approximate surface area is 145 Å². The summed E-state index contributed by atoms with van der Waals surface area (Å²) in [5.41, 5.74) is -16.6. The average molecular weight is 640 g/mol. The fourth-order valence-electron chi connectivity index (χ4n) is 0. The van der Waals surface area contributed by atoms with E-state index in [4.69, 9.17) is 38.9 Å². The number of hydrogen-bond acceptors (Lipinski definition) is 6. The molecule has 3 N–H and O–H groups in total. The predicted octanol–water partition coefficient (Wildman–Crippen LogP) is 1.18. The van der Waals surface area contributed by atoms with Crippen LogP contribution in [0, 0.1) is 0 Å². The van der Waals surface area contributed by atoms with Crippen LogP contribution in [0.4, 0.5) is 39.5 Å². The van der Waals surface area contributed by atoms with Crippen molar-refractivity contribution < 1.29 is 98.2 Å². The maximum absolute atomic E-state index is 10.7. The summed E-state index contributed by atoms with van der Waals surface area (Å²) in [5.74, 6) is 0. The molecule has 0 aromatic rings. The Kier molecular flexibility index (Phi) is 12.5. The van der Waals surface area contributed by atoms with Crippen molar-refractivity contribution in [3.8, 4) is 0 Å². The maximum Gasteiger partial charge on any atom is 0.522 e. The van der Waals surface area contributed by atoms with Gasteiger partial charge in [-0.3, -0.25) is 13.7 Å². The van der Waals surface area contributed by atoms with Gasteiger partial charge >= 0.3 is 46.9 Å². The standard InChI is InChI=1S/3CHF3O3S.Os/c3*2-1(3,4)8(5,6)7;/h3*(H,5,6,7);. The van der Waals surface area contributed by atoms with Crippen LogP contribution < -0.4 is 0 Å². The van der Waals surface area contributed by atoms with Crippen LogP contribution in [0.1, 0.15) is 0 Å². The Morgan fingerprint density at radius 3 is 0.480 bits per heavy atom. The van der Waals surface area contributed by atoms with Crippen molar-refractivity contribution in [2.24, 2.45) is 0 Å². The third-order valence-corrected chi connectivity index (χ3v) is 2.63. The molecule has 0 bridgehead atoms. The van der Waals surface area contributed by atoms with Gasteiger partial charge in [-0.25, -0.2) is 0 Å². The van der Waals surface area contributed by atoms with E-state index < -0.39 is 46.9 Å². The monoisotopic (exact) mass is 642 g/mol. The van der Waals surface area contributed by atoms with Crippen LogP contribution in [0.25, 0.3) is 0 Å². The second-order valence-electron chi connectivity index (χ2n) is 2.76. The summed E-state index contributed by atoms with van der Waals surface area (Å²) in [4.78, 5) is 0. The zero-order valence-corrected chi connectivity index (χ0v) is 15.3. The first-order valence-electron chi connectivity index (χ1n) is 3.86. The van der Waals surface area contributed by atoms with Gasteiger partial charge in [0.2, 0.25) is 0 Å². The molecule has 9 nitrogen and oxygen atoms in total. The van der Waals surface area contributed by atoms with E-state index >= 15 is 0 Å². The van der Waals surface area contributed by atoms with Crippen LogP contribution >= 0.6 is 0 Å². The van der Waals surface area contributed by atoms with E-state index in [2.05, 4.69) is 0 Å². The van der Waals surface area contributed by atoms with Crippen molar-refractivity contribution in [1.29, 1.82) is 0 Å². The third kappa shape index (κ3) is 15.7. The van der Waals surface area contributed by atoms with Gasteiger partial charge in [-0.15, -0.1) is 0 Å². The molecular weight excluding hydrogens is 637 g/mol. The average Bonchev–Trinajstić information content (AvgIpc) is 2.08. The zero-order valence-electron chi connectivity index (χ0n) is 10.3. The van der Waals surface area contributed by atoms with Crippen LogP contribution in [-0.4, -0.2) is 55.4 Å². The first-order chi connectivity index (χ1) is 9.75. The summed E-state index contributed by atoms with van der Waals surface area (Å²) in [6, 6.07) is 0. The van der Waals surface area contributed by atoms with Crippen molar-refractivity contribution in [3.05, 3.63) is 0 Å². The van der Waals surface area contributed by atoms with Crippen LogP contribution in [-0.2, 0) is 50.1 Å². The number of halogens is 9. The first kappa shape index (κ1) is 32.4. The van der Waals surface area contributed by atoms with Crippen molar-refractivity contribution >= 4 is 30.4 Å². The minimum atomic E-state index is -5.84. The summed E-state index contributed by atoms with van der Waals surface area (Å²) >= 11 is 0. The van der Waals surface area contributed by atoms with E-state index in [0.717, 1.165) is 0 Å². The van der Waals surface area contributed by atoms with E-state index in [-0.39, 0.29) is 19.8 Å². The van der Waals surface area contributed by atoms with Crippen molar-refractivity contribution in [2.75, 3.05) is 0 Å². The molecule has 0 aromatic heterocycles. The van der Waals surface area contributed by atoms with Gasteiger partial charge in [-0.2, -0.15) is 64.8 Å². The Morgan fingerprint density at radius 1 is 0.440 bits per heavy atom. The SMILES string of the molecule is O=S(=O)(O)C(F)(F)F.O=S(=O)(O)C(F)(F)F.O=S(=O)(O)C(F)(F)F.[Os]. The summed E-state index contributed by atoms with van der Waals surface area (Å²) < 4.78 is 173. The van der Waals surface area contributed by atoms with Crippen LogP contribution in [0.2, 0.25) is 0 Å². The summed E-state index contributed by atoms with van der Waals surface area (Å²) in [6.45, 7) is 0. The van der Waals surface area contributed by atoms with Gasteiger partial charge in [0, 0.05) is 19.8 Å². The third-order valence-electron chi connectivity index (χ3n) is 0.877. The predicted molar refractivity (Wildman–Crippen MR) is 52.8 cm³/mol. The van der Waals surface area contributed by atoms with Crippen LogP contribution in [0.3, 0.4) is 0 Å². The summed E-state index contributed by atoms with van der Waals surface area (Å²) in [5, 5.41) is 0. The van der Waals surface area contributed by atoms with Crippen molar-refractivity contribution in [3.63, 3.8) is 0 Å². The van der Waals surface area contributed by atoms with E-state index in [1.807, 2.05) is 0 Å². The largest absolute Gasteiger partial charge is 0.522 e. The zero-order chi connectivity index (χ0) is 21.0. The second kappa shape index (κ2) is 9.61. The van der Waals surface area contributed by atoms with Crippen molar-refractivity contribution in [1.82, 2.24) is 0 Å². The summed E-state index contributed by atoms with van der Waals surface area (Å²) in [6.07, 6.45) is 0. The minimum Gasteiger partial charge on any atom is -0.279 e. The van der Waals surface area contributed by atoms with Crippen molar-refractivity contribution in [2.45, 2.75) is 16.5 Å². The molecule has 0 aromatic carbocycles. The minimum absolute atomic E-state index is 0. The molecule has 0 aliphatic heterocycles. The molecule has 0 saturated carbocycles. The molecule has 0 atom stereocenters. The molecule has 0 spiro atoms. The molecule has 25 heavy (non-hydrogen) atoms. The fourth-order valence-corrected chi connectivity index (χ4v) is 0. The molecule has 0 heterocycles. The van der Waals surface area contributed by atoms with Gasteiger partial charge in [-0.05, 0) is 0 Å². The van der Waals surface area contributed by atoms with Crippen LogP contribution in [0.15, 0.2) is 0 Å². The molecular formula is C3H3F9O9OsS3. The Bertz CT molecular complexity index is 596. The number of rotatable bonds is 0. The van der Waals surface area contributed by atoms with Gasteiger partial charge in [0.1, 0.15) is 0 Å². The number of alkyl halides is 9. The molecule has 0 radical (unpaired) electrons. The van der Waals surface area contributed by atoms with Gasteiger partial charge in [-0.1, -0.05) is 0 Å². The molecule has 0 aliphatic carbocycles. The van der Waals surface area contributed by atoms with Gasteiger partial charge in [0.25, 0.3) is 0 Å². The topological polar surface area (TPSA) is 163 Å². The van der Waals surface area contributed by atoms with E-state index in [1.165, 1.54) is 0 Å². The van der Waals surface area contributed by atoms with Crippen LogP contribution in [0.5, 0.6) is 0 Å². The smallest absolute Gasteiger partial charge is 0.279 e. The number of hydrogen-bond donors (Lipinski definition) is 3. The Hall–Kier alpha value is -0.264. The first-order valence-corrected chi connectivity index (χ1v) is 8.18. The molecule has 0 fully saturated rings. The molecule has 0 amide bonds.